The average molecular weight is 291 g/mol. The highest BCUT2D eigenvalue weighted by molar-refractivity contribution is 9.10. The number of halogens is 1. The van der Waals surface area contributed by atoms with Crippen LogP contribution in [0.15, 0.2) is 41.0 Å². The van der Waals surface area contributed by atoms with E-state index in [0.717, 1.165) is 22.3 Å². The number of hydrogen-bond acceptors (Lipinski definition) is 2. The number of pyridine rings is 1. The van der Waals surface area contributed by atoms with Crippen LogP contribution in [0.2, 0.25) is 0 Å². The van der Waals surface area contributed by atoms with E-state index >= 15 is 0 Å². The van der Waals surface area contributed by atoms with Crippen LogP contribution < -0.4 is 5.32 Å². The zero-order valence-electron chi connectivity index (χ0n) is 10.00. The minimum Gasteiger partial charge on any atom is -0.316 e. The van der Waals surface area contributed by atoms with E-state index in [0.29, 0.717) is 0 Å². The van der Waals surface area contributed by atoms with Gasteiger partial charge in [0.1, 0.15) is 0 Å². The Labute approximate surface area is 110 Å². The third-order valence-corrected chi connectivity index (χ3v) is 3.55. The summed E-state index contributed by atoms with van der Waals surface area (Å²) >= 11 is 3.51. The molecule has 88 valence electrons. The second-order valence-corrected chi connectivity index (χ2v) is 4.90. The highest BCUT2D eigenvalue weighted by Gasteiger charge is 2.02. The molecule has 0 aliphatic carbocycles. The van der Waals surface area contributed by atoms with Crippen LogP contribution in [0.1, 0.15) is 11.1 Å². The van der Waals surface area contributed by atoms with Crippen molar-refractivity contribution in [1.29, 1.82) is 0 Å². The summed E-state index contributed by atoms with van der Waals surface area (Å²) in [7, 11) is 1.95. The first-order valence-corrected chi connectivity index (χ1v) is 6.36. The van der Waals surface area contributed by atoms with Crippen molar-refractivity contribution in [3.8, 4) is 11.3 Å². The van der Waals surface area contributed by atoms with Crippen LogP contribution in [0.5, 0.6) is 0 Å². The Morgan fingerprint density at radius 1 is 1.24 bits per heavy atom. The molecule has 1 N–H and O–H groups in total. The molecule has 1 aromatic heterocycles. The van der Waals surface area contributed by atoms with E-state index in [1.807, 2.05) is 19.3 Å². The number of aromatic nitrogens is 1. The quantitative estimate of drug-likeness (QED) is 0.935. The topological polar surface area (TPSA) is 24.9 Å². The van der Waals surface area contributed by atoms with Gasteiger partial charge in [0, 0.05) is 22.8 Å². The van der Waals surface area contributed by atoms with Gasteiger partial charge in [0.15, 0.2) is 0 Å². The lowest BCUT2D eigenvalue weighted by atomic mass is 10.1. The van der Waals surface area contributed by atoms with Crippen molar-refractivity contribution >= 4 is 15.9 Å². The zero-order valence-corrected chi connectivity index (χ0v) is 11.6. The molecule has 0 spiro atoms. The van der Waals surface area contributed by atoms with Crippen molar-refractivity contribution in [3.63, 3.8) is 0 Å². The fourth-order valence-corrected chi connectivity index (χ4v) is 2.00. The van der Waals surface area contributed by atoms with Crippen molar-refractivity contribution in [2.45, 2.75) is 13.5 Å². The molecule has 0 saturated heterocycles. The number of nitrogens with one attached hydrogen (secondary N) is 1. The number of hydrogen-bond donors (Lipinski definition) is 1. The van der Waals surface area contributed by atoms with Crippen LogP contribution in [-0.4, -0.2) is 12.0 Å². The Morgan fingerprint density at radius 3 is 2.76 bits per heavy atom. The summed E-state index contributed by atoms with van der Waals surface area (Å²) < 4.78 is 1.13. The van der Waals surface area contributed by atoms with Gasteiger partial charge in [0.05, 0.1) is 5.69 Å². The minimum absolute atomic E-state index is 0.866. The molecule has 0 unspecified atom stereocenters. The van der Waals surface area contributed by atoms with Crippen LogP contribution >= 0.6 is 15.9 Å². The molecular formula is C14H15BrN2. The van der Waals surface area contributed by atoms with Crippen LogP contribution in [0.3, 0.4) is 0 Å². The molecule has 0 saturated carbocycles. The van der Waals surface area contributed by atoms with Crippen molar-refractivity contribution in [2.24, 2.45) is 0 Å². The van der Waals surface area contributed by atoms with Gasteiger partial charge in [-0.05, 0) is 49.4 Å². The molecule has 0 aliphatic rings. The Bertz CT molecular complexity index is 523. The molecule has 0 fully saturated rings. The molecule has 2 nitrogen and oxygen atoms in total. The van der Waals surface area contributed by atoms with E-state index in [-0.39, 0.29) is 0 Å². The Kier molecular flexibility index (Phi) is 3.92. The first-order valence-electron chi connectivity index (χ1n) is 5.57. The second kappa shape index (κ2) is 5.43. The number of benzene rings is 1. The summed E-state index contributed by atoms with van der Waals surface area (Å²) in [5.74, 6) is 0. The highest BCUT2D eigenvalue weighted by Crippen LogP contribution is 2.24. The lowest BCUT2D eigenvalue weighted by Crippen LogP contribution is -2.05. The number of aryl methyl sites for hydroxylation is 1. The number of nitrogens with zero attached hydrogens (tertiary/aromatic N) is 1. The lowest BCUT2D eigenvalue weighted by molar-refractivity contribution is 0.816. The Morgan fingerprint density at radius 2 is 2.06 bits per heavy atom. The molecule has 0 bridgehead atoms. The van der Waals surface area contributed by atoms with Crippen LogP contribution in [0, 0.1) is 6.92 Å². The van der Waals surface area contributed by atoms with Crippen molar-refractivity contribution in [3.05, 3.63) is 52.1 Å². The van der Waals surface area contributed by atoms with E-state index < -0.39 is 0 Å². The smallest absolute Gasteiger partial charge is 0.0705 e. The molecule has 2 rings (SSSR count). The van der Waals surface area contributed by atoms with E-state index in [2.05, 4.69) is 57.4 Å². The Hall–Kier alpha value is -1.19. The first-order chi connectivity index (χ1) is 8.20. The lowest BCUT2D eigenvalue weighted by Gasteiger charge is -2.06. The van der Waals surface area contributed by atoms with E-state index in [1.165, 1.54) is 11.1 Å². The number of rotatable bonds is 3. The fraction of sp³-hybridized carbons (Fsp3) is 0.214. The van der Waals surface area contributed by atoms with Gasteiger partial charge in [-0.15, -0.1) is 0 Å². The van der Waals surface area contributed by atoms with Gasteiger partial charge >= 0.3 is 0 Å². The second-order valence-electron chi connectivity index (χ2n) is 4.04. The molecule has 0 aliphatic heterocycles. The summed E-state index contributed by atoms with van der Waals surface area (Å²) in [5, 5.41) is 3.15. The van der Waals surface area contributed by atoms with Crippen molar-refractivity contribution in [2.75, 3.05) is 7.05 Å². The summed E-state index contributed by atoms with van der Waals surface area (Å²) in [6.07, 6.45) is 1.86. The fourth-order valence-electron chi connectivity index (χ4n) is 1.75. The summed E-state index contributed by atoms with van der Waals surface area (Å²) in [5.41, 5.74) is 4.65. The molecule has 1 heterocycles. The van der Waals surface area contributed by atoms with Gasteiger partial charge in [0.2, 0.25) is 0 Å². The van der Waals surface area contributed by atoms with Gasteiger partial charge in [-0.2, -0.15) is 0 Å². The molecule has 0 atom stereocenters. The largest absolute Gasteiger partial charge is 0.316 e. The molecule has 0 amide bonds. The third-order valence-electron chi connectivity index (χ3n) is 2.66. The summed E-state index contributed by atoms with van der Waals surface area (Å²) in [4.78, 5) is 4.42. The van der Waals surface area contributed by atoms with Gasteiger partial charge in [-0.25, -0.2) is 0 Å². The minimum atomic E-state index is 0.866. The predicted molar refractivity (Wildman–Crippen MR) is 74.9 cm³/mol. The van der Waals surface area contributed by atoms with E-state index in [1.54, 1.807) is 0 Å². The maximum absolute atomic E-state index is 4.42. The molecule has 1 aromatic carbocycles. The highest BCUT2D eigenvalue weighted by atomic mass is 79.9. The molecule has 0 radical (unpaired) electrons. The standard InChI is InChI=1S/C14H15BrN2/c1-10-7-12(3-4-13(10)15)14-8-11(9-16-2)5-6-17-14/h3-8,16H,9H2,1-2H3. The van der Waals surface area contributed by atoms with Crippen LogP contribution in [0.25, 0.3) is 11.3 Å². The average Bonchev–Trinajstić information content (AvgIpc) is 2.33. The maximum Gasteiger partial charge on any atom is 0.0705 e. The summed E-state index contributed by atoms with van der Waals surface area (Å²) in [6, 6.07) is 10.5. The first kappa shape index (κ1) is 12.3. The predicted octanol–water partition coefficient (Wildman–Crippen LogP) is 3.54. The molecule has 3 heteroatoms. The molecule has 17 heavy (non-hydrogen) atoms. The normalized spacial score (nSPS) is 10.5. The van der Waals surface area contributed by atoms with E-state index in [9.17, 15) is 0 Å². The Balaban J connectivity index is 2.38. The van der Waals surface area contributed by atoms with E-state index in [4.69, 9.17) is 0 Å². The maximum atomic E-state index is 4.42. The van der Waals surface area contributed by atoms with Gasteiger partial charge in [-0.1, -0.05) is 22.0 Å². The van der Waals surface area contributed by atoms with Gasteiger partial charge < -0.3 is 5.32 Å². The van der Waals surface area contributed by atoms with Gasteiger partial charge in [-0.3, -0.25) is 4.98 Å². The molecular weight excluding hydrogens is 276 g/mol. The monoisotopic (exact) mass is 290 g/mol. The van der Waals surface area contributed by atoms with Crippen molar-refractivity contribution < 1.29 is 0 Å². The van der Waals surface area contributed by atoms with Crippen molar-refractivity contribution in [1.82, 2.24) is 10.3 Å². The van der Waals surface area contributed by atoms with Gasteiger partial charge in [0.25, 0.3) is 0 Å². The third kappa shape index (κ3) is 2.93. The van der Waals surface area contributed by atoms with Crippen LogP contribution in [0.4, 0.5) is 0 Å². The molecule has 2 aromatic rings. The summed E-state index contributed by atoms with van der Waals surface area (Å²) in [6.45, 7) is 2.95. The SMILES string of the molecule is CNCc1ccnc(-c2ccc(Br)c(C)c2)c1. The van der Waals surface area contributed by atoms with Crippen LogP contribution in [-0.2, 0) is 6.54 Å². The zero-order chi connectivity index (χ0) is 12.3.